The summed E-state index contributed by atoms with van der Waals surface area (Å²) in [5.41, 5.74) is 1.97. The molecule has 0 bridgehead atoms. The number of esters is 1. The second kappa shape index (κ2) is 9.19. The summed E-state index contributed by atoms with van der Waals surface area (Å²) in [6.07, 6.45) is 1.05. The fraction of sp³-hybridized carbons (Fsp3) is 0.350. The summed E-state index contributed by atoms with van der Waals surface area (Å²) < 4.78 is 10.2. The van der Waals surface area contributed by atoms with Gasteiger partial charge in [-0.2, -0.15) is 5.26 Å². The average Bonchev–Trinajstić information content (AvgIpc) is 3.00. The largest absolute Gasteiger partial charge is 0.484 e. The van der Waals surface area contributed by atoms with E-state index < -0.39 is 11.9 Å². The lowest BCUT2D eigenvalue weighted by Gasteiger charge is -2.10. The number of benzene rings is 1. The number of hydrogen-bond acceptors (Lipinski definition) is 6. The fourth-order valence-electron chi connectivity index (χ4n) is 2.46. The van der Waals surface area contributed by atoms with Crippen molar-refractivity contribution < 1.29 is 19.1 Å². The van der Waals surface area contributed by atoms with Crippen LogP contribution < -0.4 is 10.1 Å². The summed E-state index contributed by atoms with van der Waals surface area (Å²) in [5, 5.41) is 12.3. The third-order valence-electron chi connectivity index (χ3n) is 4.31. The number of hydrogen-bond donors (Lipinski definition) is 1. The topological polar surface area (TPSA) is 88.4 Å². The molecule has 0 spiro atoms. The Kier molecular flexibility index (Phi) is 6.97. The number of ether oxygens (including phenoxy) is 2. The average molecular weight is 386 g/mol. The lowest BCUT2D eigenvalue weighted by atomic mass is 9.99. The predicted molar refractivity (Wildman–Crippen MR) is 104 cm³/mol. The number of nitrogens with one attached hydrogen (secondary N) is 1. The lowest BCUT2D eigenvalue weighted by molar-refractivity contribution is -0.118. The van der Waals surface area contributed by atoms with Crippen molar-refractivity contribution in [1.29, 1.82) is 5.26 Å². The normalized spacial score (nSPS) is 11.4. The molecule has 1 aromatic heterocycles. The van der Waals surface area contributed by atoms with Gasteiger partial charge in [-0.1, -0.05) is 26.0 Å². The summed E-state index contributed by atoms with van der Waals surface area (Å²) in [6.45, 7) is 5.73. The monoisotopic (exact) mass is 386 g/mol. The Morgan fingerprint density at radius 2 is 1.96 bits per heavy atom. The van der Waals surface area contributed by atoms with Crippen LogP contribution in [-0.2, 0) is 9.53 Å². The third kappa shape index (κ3) is 4.86. The maximum Gasteiger partial charge on any atom is 0.348 e. The molecular weight excluding hydrogens is 364 g/mol. The molecule has 1 amide bonds. The van der Waals surface area contributed by atoms with Gasteiger partial charge >= 0.3 is 5.97 Å². The molecule has 142 valence electrons. The van der Waals surface area contributed by atoms with Crippen molar-refractivity contribution in [2.75, 3.05) is 19.0 Å². The summed E-state index contributed by atoms with van der Waals surface area (Å²) in [7, 11) is 1.27. The van der Waals surface area contributed by atoms with Crippen LogP contribution in [0.5, 0.6) is 5.75 Å². The van der Waals surface area contributed by atoms with Crippen LogP contribution in [0.25, 0.3) is 0 Å². The number of thiophene rings is 1. The summed E-state index contributed by atoms with van der Waals surface area (Å²) in [6, 6.07) is 9.65. The number of carbonyl (C=O) groups is 2. The van der Waals surface area contributed by atoms with E-state index in [1.54, 1.807) is 6.92 Å². The molecule has 2 rings (SSSR count). The first-order valence-electron chi connectivity index (χ1n) is 8.55. The van der Waals surface area contributed by atoms with Gasteiger partial charge in [-0.3, -0.25) is 4.79 Å². The van der Waals surface area contributed by atoms with E-state index in [0.717, 1.165) is 17.8 Å². The van der Waals surface area contributed by atoms with Gasteiger partial charge in [0.2, 0.25) is 0 Å². The van der Waals surface area contributed by atoms with Gasteiger partial charge in [0.15, 0.2) is 6.61 Å². The van der Waals surface area contributed by atoms with E-state index in [-0.39, 0.29) is 12.2 Å². The molecule has 0 unspecified atom stereocenters. The van der Waals surface area contributed by atoms with E-state index in [1.807, 2.05) is 30.3 Å². The van der Waals surface area contributed by atoms with Crippen molar-refractivity contribution in [3.05, 3.63) is 45.8 Å². The van der Waals surface area contributed by atoms with E-state index >= 15 is 0 Å². The molecule has 0 aliphatic rings. The molecule has 0 saturated carbocycles. The highest BCUT2D eigenvalue weighted by Crippen LogP contribution is 2.33. The molecule has 0 aliphatic carbocycles. The molecule has 7 heteroatoms. The Bertz CT molecular complexity index is 865. The third-order valence-corrected chi connectivity index (χ3v) is 5.50. The molecule has 1 aromatic carbocycles. The zero-order valence-electron chi connectivity index (χ0n) is 15.8. The van der Waals surface area contributed by atoms with Crippen molar-refractivity contribution in [3.63, 3.8) is 0 Å². The van der Waals surface area contributed by atoms with Gasteiger partial charge in [0.25, 0.3) is 5.91 Å². The van der Waals surface area contributed by atoms with Crippen molar-refractivity contribution in [2.45, 2.75) is 33.1 Å². The number of nitriles is 1. The van der Waals surface area contributed by atoms with Gasteiger partial charge in [-0.15, -0.1) is 11.3 Å². The highest BCUT2D eigenvalue weighted by atomic mass is 32.1. The van der Waals surface area contributed by atoms with Crippen molar-refractivity contribution in [1.82, 2.24) is 0 Å². The molecule has 2 aromatic rings. The first kappa shape index (κ1) is 20.5. The Morgan fingerprint density at radius 1 is 1.30 bits per heavy atom. The molecule has 1 N–H and O–H groups in total. The van der Waals surface area contributed by atoms with E-state index in [9.17, 15) is 14.9 Å². The highest BCUT2D eigenvalue weighted by molar-refractivity contribution is 7.18. The van der Waals surface area contributed by atoms with Crippen molar-refractivity contribution in [3.8, 4) is 11.8 Å². The van der Waals surface area contributed by atoms with E-state index in [2.05, 4.69) is 19.2 Å². The second-order valence-corrected chi connectivity index (χ2v) is 7.10. The van der Waals surface area contributed by atoms with Gasteiger partial charge in [0.05, 0.1) is 12.7 Å². The van der Waals surface area contributed by atoms with E-state index in [0.29, 0.717) is 27.1 Å². The lowest BCUT2D eigenvalue weighted by Crippen LogP contribution is -2.20. The number of amides is 1. The van der Waals surface area contributed by atoms with Gasteiger partial charge < -0.3 is 14.8 Å². The molecule has 0 fully saturated rings. The fourth-order valence-corrected chi connectivity index (χ4v) is 3.56. The molecule has 27 heavy (non-hydrogen) atoms. The predicted octanol–water partition coefficient (Wildman–Crippen LogP) is 4.25. The Hall–Kier alpha value is -2.85. The number of methoxy groups -OCH3 is 1. The maximum absolute atomic E-state index is 12.2. The number of anilines is 1. The van der Waals surface area contributed by atoms with Crippen LogP contribution in [0.15, 0.2) is 24.3 Å². The molecule has 0 saturated heterocycles. The first-order valence-corrected chi connectivity index (χ1v) is 9.37. The zero-order valence-corrected chi connectivity index (χ0v) is 16.6. The van der Waals surface area contributed by atoms with Crippen molar-refractivity contribution in [2.24, 2.45) is 0 Å². The second-order valence-electron chi connectivity index (χ2n) is 6.08. The van der Waals surface area contributed by atoms with Crippen LogP contribution in [0.1, 0.15) is 52.5 Å². The Morgan fingerprint density at radius 3 is 2.52 bits per heavy atom. The zero-order chi connectivity index (χ0) is 20.0. The van der Waals surface area contributed by atoms with Crippen molar-refractivity contribution >= 4 is 28.2 Å². The smallest absolute Gasteiger partial charge is 0.348 e. The van der Waals surface area contributed by atoms with Crippen LogP contribution in [0, 0.1) is 18.3 Å². The highest BCUT2D eigenvalue weighted by Gasteiger charge is 2.21. The van der Waals surface area contributed by atoms with E-state index in [1.165, 1.54) is 12.7 Å². The minimum absolute atomic E-state index is 0.196. The molecular formula is C20H22N2O4S. The van der Waals surface area contributed by atoms with Gasteiger partial charge in [0.1, 0.15) is 21.7 Å². The maximum atomic E-state index is 12.2. The SMILES string of the molecule is CC[C@H](C)c1ccc(OCC(=O)Nc2sc(C(=O)OC)c(C)c2C#N)cc1. The minimum atomic E-state index is -0.535. The standard InChI is InChI=1S/C20H22N2O4S/c1-5-12(2)14-6-8-15(9-7-14)26-11-17(23)22-19-16(10-21)13(3)18(27-19)20(24)25-4/h6-9,12H,5,11H2,1-4H3,(H,22,23)/t12-/m0/s1. The summed E-state index contributed by atoms with van der Waals surface area (Å²) in [4.78, 5) is 24.2. The van der Waals surface area contributed by atoms with Crippen LogP contribution in [-0.4, -0.2) is 25.6 Å². The number of rotatable bonds is 7. The molecule has 1 atom stereocenters. The van der Waals surface area contributed by atoms with Crippen LogP contribution in [0.4, 0.5) is 5.00 Å². The molecule has 1 heterocycles. The number of carbonyl (C=O) groups excluding carboxylic acids is 2. The molecule has 6 nitrogen and oxygen atoms in total. The summed E-state index contributed by atoms with van der Waals surface area (Å²) in [5.74, 6) is 0.121. The first-order chi connectivity index (χ1) is 12.9. The van der Waals surface area contributed by atoms with E-state index in [4.69, 9.17) is 9.47 Å². The summed E-state index contributed by atoms with van der Waals surface area (Å²) >= 11 is 1.02. The van der Waals surface area contributed by atoms with Crippen LogP contribution in [0.2, 0.25) is 0 Å². The number of nitrogens with zero attached hydrogens (tertiary/aromatic N) is 1. The quantitative estimate of drug-likeness (QED) is 0.719. The van der Waals surface area contributed by atoms with Crippen LogP contribution in [0.3, 0.4) is 0 Å². The minimum Gasteiger partial charge on any atom is -0.484 e. The van der Waals surface area contributed by atoms with Gasteiger partial charge in [-0.25, -0.2) is 4.79 Å². The Labute approximate surface area is 162 Å². The molecule has 0 radical (unpaired) electrons. The van der Waals surface area contributed by atoms with Crippen LogP contribution >= 0.6 is 11.3 Å². The molecule has 0 aliphatic heterocycles. The van der Waals surface area contributed by atoms with Gasteiger partial charge in [-0.05, 0) is 42.5 Å². The van der Waals surface area contributed by atoms with Gasteiger partial charge in [0, 0.05) is 0 Å². The Balaban J connectivity index is 2.02.